The molecule has 11 aromatic rings. The molecule has 0 radical (unpaired) electrons. The van der Waals surface area contributed by atoms with Crippen LogP contribution in [-0.4, -0.2) is 4.57 Å². The maximum atomic E-state index is 2.43. The number of hydrogen-bond acceptors (Lipinski definition) is 1. The summed E-state index contributed by atoms with van der Waals surface area (Å²) >= 11 is 0. The average molecular weight is 791 g/mol. The van der Waals surface area contributed by atoms with Crippen molar-refractivity contribution in [3.05, 3.63) is 255 Å². The minimum absolute atomic E-state index is 1.08. The molecule has 1 heterocycles. The number of para-hydroxylation sites is 3. The summed E-state index contributed by atoms with van der Waals surface area (Å²) in [7, 11) is 0. The van der Waals surface area contributed by atoms with Gasteiger partial charge in [-0.3, -0.25) is 0 Å². The number of hydrogen-bond donors (Lipinski definition) is 0. The van der Waals surface area contributed by atoms with Gasteiger partial charge in [-0.05, 0) is 117 Å². The fourth-order valence-electron chi connectivity index (χ4n) is 9.08. The van der Waals surface area contributed by atoms with Gasteiger partial charge in [0.1, 0.15) is 0 Å². The summed E-state index contributed by atoms with van der Waals surface area (Å²) in [6.07, 6.45) is 0. The third kappa shape index (κ3) is 6.84. The molecule has 0 N–H and O–H groups in total. The van der Waals surface area contributed by atoms with Crippen molar-refractivity contribution in [1.29, 1.82) is 0 Å². The van der Waals surface area contributed by atoms with Gasteiger partial charge in [-0.25, -0.2) is 0 Å². The molecule has 0 fully saturated rings. The van der Waals surface area contributed by atoms with Gasteiger partial charge in [-0.1, -0.05) is 188 Å². The zero-order valence-electron chi connectivity index (χ0n) is 34.1. The predicted octanol–water partition coefficient (Wildman–Crippen LogP) is 16.6. The van der Waals surface area contributed by atoms with Gasteiger partial charge in [0.05, 0.1) is 16.7 Å². The first-order valence-corrected chi connectivity index (χ1v) is 21.3. The Balaban J connectivity index is 1.10. The summed E-state index contributed by atoms with van der Waals surface area (Å²) in [6.45, 7) is 0. The van der Waals surface area contributed by atoms with Crippen LogP contribution in [0.5, 0.6) is 0 Å². The summed E-state index contributed by atoms with van der Waals surface area (Å²) in [5.74, 6) is 0. The number of fused-ring (bicyclic) bond motifs is 3. The van der Waals surface area contributed by atoms with Crippen molar-refractivity contribution >= 4 is 38.9 Å². The molecule has 0 bridgehead atoms. The molecule has 0 saturated carbocycles. The van der Waals surface area contributed by atoms with E-state index in [-0.39, 0.29) is 0 Å². The number of rotatable bonds is 9. The maximum absolute atomic E-state index is 2.43. The van der Waals surface area contributed by atoms with E-state index in [9.17, 15) is 0 Å². The molecule has 2 heteroatoms. The van der Waals surface area contributed by atoms with Gasteiger partial charge in [-0.2, -0.15) is 0 Å². The lowest BCUT2D eigenvalue weighted by molar-refractivity contribution is 1.18. The molecule has 2 nitrogen and oxygen atoms in total. The van der Waals surface area contributed by atoms with E-state index < -0.39 is 0 Å². The first-order valence-electron chi connectivity index (χ1n) is 21.3. The molecule has 62 heavy (non-hydrogen) atoms. The van der Waals surface area contributed by atoms with Gasteiger partial charge in [0.25, 0.3) is 0 Å². The standard InChI is InChI=1S/C60H42N2/c1-5-19-43(20-6-1)46-35-37-52(38-36-46)61(53-41-49(44-21-7-2-8-22-44)40-50(42-53)45-23-9-3-10-24-45)57-32-15-13-29-54(57)47-25-17-26-48(39-47)55-31-18-34-59-60(55)56-30-14-16-33-58(56)62(59)51-27-11-4-12-28-51/h1-42H. The van der Waals surface area contributed by atoms with Crippen LogP contribution in [0.25, 0.3) is 83.1 Å². The lowest BCUT2D eigenvalue weighted by atomic mass is 9.94. The second kappa shape index (κ2) is 16.1. The van der Waals surface area contributed by atoms with Gasteiger partial charge >= 0.3 is 0 Å². The minimum atomic E-state index is 1.08. The van der Waals surface area contributed by atoms with Crippen molar-refractivity contribution in [2.24, 2.45) is 0 Å². The zero-order chi connectivity index (χ0) is 41.2. The molecule has 292 valence electrons. The first-order chi connectivity index (χ1) is 30.8. The Hall–Kier alpha value is -8.20. The van der Waals surface area contributed by atoms with Crippen LogP contribution in [0.3, 0.4) is 0 Å². The van der Waals surface area contributed by atoms with Crippen LogP contribution in [0.1, 0.15) is 0 Å². The van der Waals surface area contributed by atoms with Crippen LogP contribution < -0.4 is 4.90 Å². The maximum Gasteiger partial charge on any atom is 0.0547 e. The van der Waals surface area contributed by atoms with Crippen LogP contribution in [0.4, 0.5) is 17.1 Å². The highest BCUT2D eigenvalue weighted by molar-refractivity contribution is 6.16. The Kier molecular flexibility index (Phi) is 9.57. The largest absolute Gasteiger partial charge is 0.310 e. The number of anilines is 3. The van der Waals surface area contributed by atoms with E-state index in [0.717, 1.165) is 45.0 Å². The van der Waals surface area contributed by atoms with E-state index in [1.165, 1.54) is 55.2 Å². The molecular weight excluding hydrogens is 749 g/mol. The van der Waals surface area contributed by atoms with Gasteiger partial charge in [0.15, 0.2) is 0 Å². The highest BCUT2D eigenvalue weighted by atomic mass is 15.1. The molecule has 1 aromatic heterocycles. The van der Waals surface area contributed by atoms with Crippen molar-refractivity contribution in [1.82, 2.24) is 4.57 Å². The predicted molar refractivity (Wildman–Crippen MR) is 263 cm³/mol. The third-order valence-corrected chi connectivity index (χ3v) is 12.0. The molecule has 0 amide bonds. The first kappa shape index (κ1) is 36.8. The van der Waals surface area contributed by atoms with Crippen LogP contribution in [0.2, 0.25) is 0 Å². The van der Waals surface area contributed by atoms with E-state index in [0.29, 0.717) is 0 Å². The summed E-state index contributed by atoms with van der Waals surface area (Å²) < 4.78 is 2.39. The summed E-state index contributed by atoms with van der Waals surface area (Å²) in [6, 6.07) is 92.1. The van der Waals surface area contributed by atoms with Gasteiger partial charge < -0.3 is 9.47 Å². The van der Waals surface area contributed by atoms with E-state index in [1.807, 2.05) is 0 Å². The van der Waals surface area contributed by atoms with Gasteiger partial charge in [-0.15, -0.1) is 0 Å². The molecule has 0 saturated heterocycles. The number of aromatic nitrogens is 1. The molecule has 0 unspecified atom stereocenters. The fourth-order valence-corrected chi connectivity index (χ4v) is 9.08. The van der Waals surface area contributed by atoms with Crippen molar-refractivity contribution in [2.75, 3.05) is 4.90 Å². The van der Waals surface area contributed by atoms with Crippen molar-refractivity contribution in [3.8, 4) is 61.3 Å². The highest BCUT2D eigenvalue weighted by Gasteiger charge is 2.21. The second-order valence-electron chi connectivity index (χ2n) is 15.7. The smallest absolute Gasteiger partial charge is 0.0547 e. The highest BCUT2D eigenvalue weighted by Crippen LogP contribution is 2.45. The van der Waals surface area contributed by atoms with Gasteiger partial charge in [0.2, 0.25) is 0 Å². The van der Waals surface area contributed by atoms with Crippen molar-refractivity contribution < 1.29 is 0 Å². The Labute approximate surface area is 362 Å². The van der Waals surface area contributed by atoms with Crippen molar-refractivity contribution in [3.63, 3.8) is 0 Å². The number of nitrogens with zero attached hydrogens (tertiary/aromatic N) is 2. The fraction of sp³-hybridized carbons (Fsp3) is 0. The van der Waals surface area contributed by atoms with Gasteiger partial charge in [0, 0.05) is 33.4 Å². The molecule has 0 spiro atoms. The molecule has 11 rings (SSSR count). The quantitative estimate of drug-likeness (QED) is 0.141. The topological polar surface area (TPSA) is 8.17 Å². The second-order valence-corrected chi connectivity index (χ2v) is 15.7. The summed E-state index contributed by atoms with van der Waals surface area (Å²) in [5.41, 5.74) is 18.5. The van der Waals surface area contributed by atoms with E-state index in [4.69, 9.17) is 0 Å². The van der Waals surface area contributed by atoms with Crippen LogP contribution in [0, 0.1) is 0 Å². The zero-order valence-corrected chi connectivity index (χ0v) is 34.1. The molecular formula is C60H42N2. The molecule has 0 aliphatic rings. The lowest BCUT2D eigenvalue weighted by Crippen LogP contribution is -2.11. The van der Waals surface area contributed by atoms with E-state index in [2.05, 4.69) is 264 Å². The van der Waals surface area contributed by atoms with Crippen LogP contribution in [0.15, 0.2) is 255 Å². The Morgan fingerprint density at radius 3 is 1.39 bits per heavy atom. The van der Waals surface area contributed by atoms with Crippen LogP contribution in [-0.2, 0) is 0 Å². The normalized spacial score (nSPS) is 11.2. The lowest BCUT2D eigenvalue weighted by Gasteiger charge is -2.29. The Bertz CT molecular complexity index is 3260. The monoisotopic (exact) mass is 790 g/mol. The van der Waals surface area contributed by atoms with E-state index in [1.54, 1.807) is 0 Å². The Morgan fingerprint density at radius 1 is 0.274 bits per heavy atom. The average Bonchev–Trinajstić information content (AvgIpc) is 3.70. The third-order valence-electron chi connectivity index (χ3n) is 12.0. The molecule has 10 aromatic carbocycles. The van der Waals surface area contributed by atoms with E-state index >= 15 is 0 Å². The van der Waals surface area contributed by atoms with Crippen molar-refractivity contribution in [2.45, 2.75) is 0 Å². The summed E-state index contributed by atoms with van der Waals surface area (Å²) in [4.78, 5) is 2.43. The molecule has 0 aliphatic heterocycles. The SMILES string of the molecule is c1ccc(-c2ccc(N(c3cc(-c4ccccc4)cc(-c4ccccc4)c3)c3ccccc3-c3cccc(-c4cccc5c4c4ccccc4n5-c4ccccc4)c3)cc2)cc1. The molecule has 0 aliphatic carbocycles. The Morgan fingerprint density at radius 2 is 0.726 bits per heavy atom. The summed E-state index contributed by atoms with van der Waals surface area (Å²) in [5, 5.41) is 2.49. The molecule has 0 atom stereocenters. The van der Waals surface area contributed by atoms with Crippen LogP contribution >= 0.6 is 0 Å². The minimum Gasteiger partial charge on any atom is -0.310 e. The number of benzene rings is 10.